The Bertz CT molecular complexity index is 892. The molecule has 0 radical (unpaired) electrons. The Morgan fingerprint density at radius 2 is 1.55 bits per heavy atom. The minimum Gasteiger partial charge on any atom is -0.508 e. The molecule has 2 aromatic carbocycles. The summed E-state index contributed by atoms with van der Waals surface area (Å²) in [5.74, 6) is -1.17. The maximum Gasteiger partial charge on any atom is 0.246 e. The van der Waals surface area contributed by atoms with Crippen LogP contribution in [0.1, 0.15) is 50.7 Å². The van der Waals surface area contributed by atoms with Crippen molar-refractivity contribution < 1.29 is 19.5 Å². The molecule has 0 spiro atoms. The maximum absolute atomic E-state index is 12.8. The Kier molecular flexibility index (Phi) is 8.61. The number of amides is 3. The van der Waals surface area contributed by atoms with E-state index in [-0.39, 0.29) is 24.5 Å². The zero-order valence-electron chi connectivity index (χ0n) is 18.2. The third kappa shape index (κ3) is 7.77. The lowest BCUT2D eigenvalue weighted by Gasteiger charge is -2.21. The number of carbonyl (C=O) groups excluding carboxylic acids is 3. The Labute approximate surface area is 183 Å². The highest BCUT2D eigenvalue weighted by Crippen LogP contribution is 2.19. The standard InChI is InChI=1S/C24H31N3O4/c1-15(2)14-17-4-6-18(7-5-17)16(3)23(30)27-21(12-13-22(25)29)24(31)26-19-8-10-20(28)11-9-19/h4-11,15-16,21,28H,12-14H2,1-3H3,(H2,25,29)(H,26,31)(H,27,30). The molecule has 2 atom stereocenters. The van der Waals surface area contributed by atoms with Crippen LogP contribution in [0.2, 0.25) is 0 Å². The number of primary amides is 1. The van der Waals surface area contributed by atoms with Gasteiger partial charge in [-0.1, -0.05) is 38.1 Å². The molecule has 0 aliphatic rings. The van der Waals surface area contributed by atoms with Gasteiger partial charge in [-0.2, -0.15) is 0 Å². The summed E-state index contributed by atoms with van der Waals surface area (Å²) in [4.78, 5) is 36.8. The van der Waals surface area contributed by atoms with E-state index in [9.17, 15) is 19.5 Å². The van der Waals surface area contributed by atoms with Gasteiger partial charge >= 0.3 is 0 Å². The van der Waals surface area contributed by atoms with Crippen LogP contribution < -0.4 is 16.4 Å². The van der Waals surface area contributed by atoms with E-state index in [0.717, 1.165) is 12.0 Å². The average molecular weight is 426 g/mol. The maximum atomic E-state index is 12.8. The van der Waals surface area contributed by atoms with E-state index in [0.29, 0.717) is 11.6 Å². The van der Waals surface area contributed by atoms with Gasteiger partial charge in [0.05, 0.1) is 5.92 Å². The van der Waals surface area contributed by atoms with Crippen LogP contribution in [0.5, 0.6) is 5.75 Å². The molecule has 0 bridgehead atoms. The molecule has 31 heavy (non-hydrogen) atoms. The van der Waals surface area contributed by atoms with E-state index in [1.807, 2.05) is 24.3 Å². The van der Waals surface area contributed by atoms with Crippen molar-refractivity contribution in [3.8, 4) is 5.75 Å². The molecule has 3 amide bonds. The first-order chi connectivity index (χ1) is 14.7. The molecule has 0 aromatic heterocycles. The first-order valence-electron chi connectivity index (χ1n) is 10.4. The molecule has 0 saturated heterocycles. The predicted octanol–water partition coefficient (Wildman–Crippen LogP) is 3.08. The number of hydrogen-bond acceptors (Lipinski definition) is 4. The second-order valence-corrected chi connectivity index (χ2v) is 8.16. The van der Waals surface area contributed by atoms with Gasteiger partial charge < -0.3 is 21.5 Å². The summed E-state index contributed by atoms with van der Waals surface area (Å²) in [6, 6.07) is 12.9. The molecule has 5 N–H and O–H groups in total. The van der Waals surface area contributed by atoms with Crippen molar-refractivity contribution in [1.29, 1.82) is 0 Å². The van der Waals surface area contributed by atoms with Gasteiger partial charge in [-0.3, -0.25) is 14.4 Å². The molecular weight excluding hydrogens is 394 g/mol. The number of nitrogens with two attached hydrogens (primary N) is 1. The van der Waals surface area contributed by atoms with Gasteiger partial charge in [0.25, 0.3) is 0 Å². The van der Waals surface area contributed by atoms with Crippen LogP contribution >= 0.6 is 0 Å². The van der Waals surface area contributed by atoms with Gasteiger partial charge in [-0.25, -0.2) is 0 Å². The third-order valence-electron chi connectivity index (χ3n) is 4.96. The van der Waals surface area contributed by atoms with Gasteiger partial charge in [0, 0.05) is 12.1 Å². The van der Waals surface area contributed by atoms with Crippen LogP contribution in [0.25, 0.3) is 0 Å². The average Bonchev–Trinajstić information content (AvgIpc) is 2.72. The van der Waals surface area contributed by atoms with Crippen molar-refractivity contribution in [3.63, 3.8) is 0 Å². The van der Waals surface area contributed by atoms with Gasteiger partial charge in [0.15, 0.2) is 0 Å². The van der Waals surface area contributed by atoms with Gasteiger partial charge in [0.2, 0.25) is 17.7 Å². The van der Waals surface area contributed by atoms with E-state index in [1.54, 1.807) is 19.1 Å². The molecule has 0 aliphatic carbocycles. The van der Waals surface area contributed by atoms with Crippen molar-refractivity contribution in [3.05, 3.63) is 59.7 Å². The fourth-order valence-electron chi connectivity index (χ4n) is 3.19. The topological polar surface area (TPSA) is 122 Å². The summed E-state index contributed by atoms with van der Waals surface area (Å²) < 4.78 is 0. The highest BCUT2D eigenvalue weighted by atomic mass is 16.3. The molecule has 0 heterocycles. The molecule has 7 heteroatoms. The van der Waals surface area contributed by atoms with E-state index < -0.39 is 23.8 Å². The SMILES string of the molecule is CC(C)Cc1ccc(C(C)C(=O)NC(CCC(N)=O)C(=O)Nc2ccc(O)cc2)cc1. The Hall–Kier alpha value is -3.35. The number of carbonyl (C=O) groups is 3. The van der Waals surface area contributed by atoms with Crippen molar-refractivity contribution in [2.75, 3.05) is 5.32 Å². The minimum absolute atomic E-state index is 0.0355. The van der Waals surface area contributed by atoms with Crippen LogP contribution in [0.4, 0.5) is 5.69 Å². The Balaban J connectivity index is 2.07. The zero-order valence-corrected chi connectivity index (χ0v) is 18.2. The smallest absolute Gasteiger partial charge is 0.246 e. The normalized spacial score (nSPS) is 12.8. The van der Waals surface area contributed by atoms with Gasteiger partial charge in [-0.05, 0) is 61.1 Å². The number of rotatable bonds is 10. The second-order valence-electron chi connectivity index (χ2n) is 8.16. The second kappa shape index (κ2) is 11.2. The lowest BCUT2D eigenvalue weighted by molar-refractivity contribution is -0.128. The molecule has 2 unspecified atom stereocenters. The number of benzene rings is 2. The molecule has 7 nitrogen and oxygen atoms in total. The fourth-order valence-corrected chi connectivity index (χ4v) is 3.19. The number of anilines is 1. The monoisotopic (exact) mass is 425 g/mol. The number of hydrogen-bond donors (Lipinski definition) is 4. The molecule has 0 aliphatic heterocycles. The fraction of sp³-hybridized carbons (Fsp3) is 0.375. The molecule has 0 fully saturated rings. The molecule has 166 valence electrons. The van der Waals surface area contributed by atoms with Crippen molar-refractivity contribution in [1.82, 2.24) is 5.32 Å². The van der Waals surface area contributed by atoms with Crippen LogP contribution in [0, 0.1) is 5.92 Å². The predicted molar refractivity (Wildman–Crippen MR) is 120 cm³/mol. The van der Waals surface area contributed by atoms with Crippen LogP contribution in [0.3, 0.4) is 0 Å². The molecule has 2 rings (SSSR count). The van der Waals surface area contributed by atoms with Gasteiger partial charge in [0.1, 0.15) is 11.8 Å². The lowest BCUT2D eigenvalue weighted by atomic mass is 9.96. The molecule has 0 saturated carbocycles. The first kappa shape index (κ1) is 23.9. The van der Waals surface area contributed by atoms with Gasteiger partial charge in [-0.15, -0.1) is 0 Å². The highest BCUT2D eigenvalue weighted by Gasteiger charge is 2.25. The highest BCUT2D eigenvalue weighted by molar-refractivity contribution is 5.98. The summed E-state index contributed by atoms with van der Waals surface area (Å²) in [5.41, 5.74) is 7.75. The molecular formula is C24H31N3O4. The Morgan fingerprint density at radius 3 is 2.10 bits per heavy atom. The van der Waals surface area contributed by atoms with Crippen molar-refractivity contribution >= 4 is 23.4 Å². The third-order valence-corrected chi connectivity index (χ3v) is 4.96. The number of nitrogens with one attached hydrogen (secondary N) is 2. The molecule has 2 aromatic rings. The van der Waals surface area contributed by atoms with Crippen molar-refractivity contribution in [2.24, 2.45) is 11.7 Å². The zero-order chi connectivity index (χ0) is 23.0. The largest absolute Gasteiger partial charge is 0.508 e. The van der Waals surface area contributed by atoms with E-state index in [1.165, 1.54) is 17.7 Å². The number of phenolic OH excluding ortho intramolecular Hbond substituents is 1. The number of phenols is 1. The summed E-state index contributed by atoms with van der Waals surface area (Å²) in [6.07, 6.45) is 1.02. The lowest BCUT2D eigenvalue weighted by Crippen LogP contribution is -2.45. The quantitative estimate of drug-likeness (QED) is 0.437. The summed E-state index contributed by atoms with van der Waals surface area (Å²) in [6.45, 7) is 6.08. The summed E-state index contributed by atoms with van der Waals surface area (Å²) in [5, 5.41) is 14.8. The number of aromatic hydroxyl groups is 1. The first-order valence-corrected chi connectivity index (χ1v) is 10.4. The van der Waals surface area contributed by atoms with E-state index >= 15 is 0 Å². The van der Waals surface area contributed by atoms with Crippen molar-refractivity contribution in [2.45, 2.75) is 52.0 Å². The van der Waals surface area contributed by atoms with Crippen LogP contribution in [0.15, 0.2) is 48.5 Å². The van der Waals surface area contributed by atoms with E-state index in [2.05, 4.69) is 24.5 Å². The summed E-state index contributed by atoms with van der Waals surface area (Å²) in [7, 11) is 0. The van der Waals surface area contributed by atoms with Crippen LogP contribution in [-0.2, 0) is 20.8 Å². The minimum atomic E-state index is -0.920. The summed E-state index contributed by atoms with van der Waals surface area (Å²) >= 11 is 0. The van der Waals surface area contributed by atoms with Crippen LogP contribution in [-0.4, -0.2) is 28.9 Å². The Morgan fingerprint density at radius 1 is 0.935 bits per heavy atom. The van der Waals surface area contributed by atoms with E-state index in [4.69, 9.17) is 5.73 Å².